The van der Waals surface area contributed by atoms with Crippen molar-refractivity contribution in [1.29, 1.82) is 0 Å². The van der Waals surface area contributed by atoms with E-state index in [4.69, 9.17) is 5.73 Å². The molecule has 0 aliphatic rings. The molecule has 0 atom stereocenters. The van der Waals surface area contributed by atoms with Crippen molar-refractivity contribution in [2.75, 3.05) is 10.5 Å². The first kappa shape index (κ1) is 15.3. The summed E-state index contributed by atoms with van der Waals surface area (Å²) in [5.74, 6) is -0.624. The number of nitrogens with one attached hydrogen (secondary N) is 1. The minimum absolute atomic E-state index is 0.0176. The molecule has 0 amide bonds. The third-order valence-electron chi connectivity index (χ3n) is 3.36. The second-order valence-corrected chi connectivity index (χ2v) is 6.73. The van der Waals surface area contributed by atoms with E-state index in [0.717, 1.165) is 16.7 Å². The zero-order valence-electron chi connectivity index (χ0n) is 12.1. The lowest BCUT2D eigenvalue weighted by Gasteiger charge is -2.12. The van der Waals surface area contributed by atoms with Gasteiger partial charge in [-0.25, -0.2) is 12.8 Å². The second kappa shape index (κ2) is 5.37. The standard InChI is InChI=1S/C15H17FN2O2S/c1-9-4-5-13(16)15(6-9)18-21(19,20)12-7-10(2)11(3)14(17)8-12/h4-8,18H,17H2,1-3H3. The van der Waals surface area contributed by atoms with Crippen LogP contribution >= 0.6 is 0 Å². The third kappa shape index (κ3) is 3.16. The summed E-state index contributed by atoms with van der Waals surface area (Å²) in [5, 5.41) is 0. The molecule has 0 aliphatic heterocycles. The summed E-state index contributed by atoms with van der Waals surface area (Å²) < 4.78 is 40.6. The van der Waals surface area contributed by atoms with Gasteiger partial charge in [0.15, 0.2) is 0 Å². The lowest BCUT2D eigenvalue weighted by molar-refractivity contribution is 0.598. The van der Waals surface area contributed by atoms with E-state index in [-0.39, 0.29) is 10.6 Å². The largest absolute Gasteiger partial charge is 0.398 e. The fraction of sp³-hybridized carbons (Fsp3) is 0.200. The van der Waals surface area contributed by atoms with E-state index < -0.39 is 15.8 Å². The Morgan fingerprint density at radius 3 is 2.38 bits per heavy atom. The molecule has 2 aromatic carbocycles. The molecule has 0 aromatic heterocycles. The number of anilines is 2. The Morgan fingerprint density at radius 2 is 1.76 bits per heavy atom. The molecule has 0 saturated heterocycles. The summed E-state index contributed by atoms with van der Waals surface area (Å²) in [5.41, 5.74) is 8.46. The first-order chi connectivity index (χ1) is 9.70. The van der Waals surface area contributed by atoms with Gasteiger partial charge in [0.2, 0.25) is 0 Å². The highest BCUT2D eigenvalue weighted by Crippen LogP contribution is 2.25. The zero-order chi connectivity index (χ0) is 15.8. The van der Waals surface area contributed by atoms with Gasteiger partial charge >= 0.3 is 0 Å². The van der Waals surface area contributed by atoms with Crippen molar-refractivity contribution in [2.45, 2.75) is 25.7 Å². The van der Waals surface area contributed by atoms with Gasteiger partial charge < -0.3 is 5.73 Å². The van der Waals surface area contributed by atoms with Gasteiger partial charge in [-0.05, 0) is 61.7 Å². The van der Waals surface area contributed by atoms with Gasteiger partial charge in [-0.2, -0.15) is 0 Å². The van der Waals surface area contributed by atoms with E-state index in [0.29, 0.717) is 5.69 Å². The van der Waals surface area contributed by atoms with Gasteiger partial charge in [-0.15, -0.1) is 0 Å². The monoisotopic (exact) mass is 308 g/mol. The van der Waals surface area contributed by atoms with Crippen LogP contribution < -0.4 is 10.5 Å². The van der Waals surface area contributed by atoms with Crippen LogP contribution in [0.1, 0.15) is 16.7 Å². The number of halogens is 1. The Balaban J connectivity index is 2.46. The smallest absolute Gasteiger partial charge is 0.262 e. The fourth-order valence-electron chi connectivity index (χ4n) is 1.93. The van der Waals surface area contributed by atoms with Gasteiger partial charge in [0.05, 0.1) is 10.6 Å². The van der Waals surface area contributed by atoms with Crippen molar-refractivity contribution in [3.63, 3.8) is 0 Å². The van der Waals surface area contributed by atoms with Crippen molar-refractivity contribution in [3.05, 3.63) is 52.8 Å². The topological polar surface area (TPSA) is 72.2 Å². The summed E-state index contributed by atoms with van der Waals surface area (Å²) in [6.07, 6.45) is 0. The molecule has 0 aliphatic carbocycles. The number of aryl methyl sites for hydroxylation is 2. The molecule has 6 heteroatoms. The van der Waals surface area contributed by atoms with Crippen LogP contribution in [0.2, 0.25) is 0 Å². The summed E-state index contributed by atoms with van der Waals surface area (Å²) in [4.78, 5) is 0.0176. The zero-order valence-corrected chi connectivity index (χ0v) is 12.9. The van der Waals surface area contributed by atoms with Crippen LogP contribution in [0.3, 0.4) is 0 Å². The highest BCUT2D eigenvalue weighted by Gasteiger charge is 2.18. The van der Waals surface area contributed by atoms with E-state index >= 15 is 0 Å². The normalized spacial score (nSPS) is 11.4. The van der Waals surface area contributed by atoms with Crippen LogP contribution in [0.5, 0.6) is 0 Å². The quantitative estimate of drug-likeness (QED) is 0.856. The molecule has 0 saturated carbocycles. The Hall–Kier alpha value is -2.08. The van der Waals surface area contributed by atoms with Crippen molar-refractivity contribution in [1.82, 2.24) is 0 Å². The first-order valence-electron chi connectivity index (χ1n) is 6.36. The molecular weight excluding hydrogens is 291 g/mol. The molecule has 2 rings (SSSR count). The molecule has 0 unspecified atom stereocenters. The minimum Gasteiger partial charge on any atom is -0.398 e. The van der Waals surface area contributed by atoms with Gasteiger partial charge in [0.25, 0.3) is 10.0 Å². The highest BCUT2D eigenvalue weighted by atomic mass is 32.2. The van der Waals surface area contributed by atoms with Crippen LogP contribution in [0.4, 0.5) is 15.8 Å². The summed E-state index contributed by atoms with van der Waals surface area (Å²) >= 11 is 0. The highest BCUT2D eigenvalue weighted by molar-refractivity contribution is 7.92. The predicted molar refractivity (Wildman–Crippen MR) is 82.3 cm³/mol. The fourth-order valence-corrected chi connectivity index (χ4v) is 3.11. The Bertz CT molecular complexity index is 778. The lowest BCUT2D eigenvalue weighted by Crippen LogP contribution is -2.15. The van der Waals surface area contributed by atoms with E-state index in [2.05, 4.69) is 4.72 Å². The summed E-state index contributed by atoms with van der Waals surface area (Å²) in [6, 6.07) is 7.13. The lowest BCUT2D eigenvalue weighted by atomic mass is 10.1. The first-order valence-corrected chi connectivity index (χ1v) is 7.85. The Kier molecular flexibility index (Phi) is 3.91. The number of rotatable bonds is 3. The molecule has 3 N–H and O–H groups in total. The average Bonchev–Trinajstić information content (AvgIpc) is 2.39. The van der Waals surface area contributed by atoms with E-state index in [1.807, 2.05) is 6.92 Å². The number of sulfonamides is 1. The van der Waals surface area contributed by atoms with E-state index in [9.17, 15) is 12.8 Å². The molecule has 0 radical (unpaired) electrons. The molecule has 4 nitrogen and oxygen atoms in total. The molecule has 21 heavy (non-hydrogen) atoms. The van der Waals surface area contributed by atoms with Crippen LogP contribution in [0.15, 0.2) is 35.2 Å². The third-order valence-corrected chi connectivity index (χ3v) is 4.70. The van der Waals surface area contributed by atoms with E-state index in [1.165, 1.54) is 24.3 Å². The molecular formula is C15H17FN2O2S. The van der Waals surface area contributed by atoms with Gasteiger partial charge in [-0.1, -0.05) is 6.07 Å². The SMILES string of the molecule is Cc1ccc(F)c(NS(=O)(=O)c2cc(C)c(C)c(N)c2)c1. The van der Waals surface area contributed by atoms with Crippen LogP contribution in [-0.2, 0) is 10.0 Å². The Labute approximate surface area is 123 Å². The molecule has 0 heterocycles. The van der Waals surface area contributed by atoms with Crippen molar-refractivity contribution in [3.8, 4) is 0 Å². The van der Waals surface area contributed by atoms with Gasteiger partial charge in [-0.3, -0.25) is 4.72 Å². The average molecular weight is 308 g/mol. The van der Waals surface area contributed by atoms with Crippen LogP contribution in [0.25, 0.3) is 0 Å². The maximum atomic E-state index is 13.7. The number of benzene rings is 2. The van der Waals surface area contributed by atoms with Gasteiger partial charge in [0.1, 0.15) is 5.82 Å². The predicted octanol–water partition coefficient (Wildman–Crippen LogP) is 3.13. The molecule has 112 valence electrons. The van der Waals surface area contributed by atoms with Crippen molar-refractivity contribution < 1.29 is 12.8 Å². The maximum Gasteiger partial charge on any atom is 0.262 e. The summed E-state index contributed by atoms with van der Waals surface area (Å²) in [7, 11) is -3.88. The van der Waals surface area contributed by atoms with Crippen LogP contribution in [0, 0.1) is 26.6 Å². The minimum atomic E-state index is -3.88. The van der Waals surface area contributed by atoms with Crippen molar-refractivity contribution in [2.24, 2.45) is 0 Å². The van der Waals surface area contributed by atoms with Gasteiger partial charge in [0, 0.05) is 5.69 Å². The number of nitrogens with two attached hydrogens (primary N) is 1. The van der Waals surface area contributed by atoms with Crippen LogP contribution in [-0.4, -0.2) is 8.42 Å². The second-order valence-electron chi connectivity index (χ2n) is 5.04. The summed E-state index contributed by atoms with van der Waals surface area (Å²) in [6.45, 7) is 5.35. The van der Waals surface area contributed by atoms with Crippen molar-refractivity contribution >= 4 is 21.4 Å². The molecule has 0 bridgehead atoms. The molecule has 2 aromatic rings. The molecule has 0 spiro atoms. The van der Waals surface area contributed by atoms with E-state index in [1.54, 1.807) is 19.9 Å². The molecule has 0 fully saturated rings. The Morgan fingerprint density at radius 1 is 1.10 bits per heavy atom. The number of hydrogen-bond acceptors (Lipinski definition) is 3. The number of nitrogen functional groups attached to an aromatic ring is 1. The number of hydrogen-bond donors (Lipinski definition) is 2. The maximum absolute atomic E-state index is 13.7.